The number of fused-ring (bicyclic) bond motifs is 16. The molecule has 10 rings (SSSR count). The zero-order valence-electron chi connectivity index (χ0n) is 29.1. The fraction of sp³-hybridized carbons (Fsp3) is 0.0588. The quantitative estimate of drug-likeness (QED) is 0.166. The lowest BCUT2D eigenvalue weighted by molar-refractivity contribution is 0.633. The molecule has 0 bridgehead atoms. The topological polar surface area (TPSA) is 3.24 Å². The minimum Gasteiger partial charge on any atom is -0.310 e. The largest absolute Gasteiger partial charge is 0.310 e. The van der Waals surface area contributed by atoms with Gasteiger partial charge in [0.05, 0.1) is 16.5 Å². The molecule has 246 valence electrons. The van der Waals surface area contributed by atoms with Gasteiger partial charge in [-0.05, 0) is 98.5 Å². The van der Waals surface area contributed by atoms with Crippen molar-refractivity contribution >= 4 is 11.4 Å². The second-order valence-corrected chi connectivity index (χ2v) is 13.9. The Labute approximate surface area is 306 Å². The fourth-order valence-electron chi connectivity index (χ4n) is 9.89. The van der Waals surface area contributed by atoms with Crippen LogP contribution in [0, 0.1) is 0 Å². The summed E-state index contributed by atoms with van der Waals surface area (Å²) in [4.78, 5) is 2.42. The van der Waals surface area contributed by atoms with Gasteiger partial charge in [-0.25, -0.2) is 0 Å². The third-order valence-electron chi connectivity index (χ3n) is 11.6. The molecule has 52 heavy (non-hydrogen) atoms. The number of nitrogens with zero attached hydrogens (tertiary/aromatic N) is 1. The minimum absolute atomic E-state index is 0.545. The molecule has 1 heteroatoms. The first kappa shape index (κ1) is 30.4. The fourth-order valence-corrected chi connectivity index (χ4v) is 9.89. The van der Waals surface area contributed by atoms with Gasteiger partial charge in [-0.15, -0.1) is 0 Å². The van der Waals surface area contributed by atoms with Crippen molar-refractivity contribution in [3.8, 4) is 22.3 Å². The van der Waals surface area contributed by atoms with Crippen molar-refractivity contribution in [1.82, 2.24) is 0 Å². The molecular formula is C51H37N. The summed E-state index contributed by atoms with van der Waals surface area (Å²) in [5.41, 5.74) is 17.8. The molecule has 0 aliphatic heterocycles. The van der Waals surface area contributed by atoms with Crippen LogP contribution in [0.25, 0.3) is 22.3 Å². The summed E-state index contributed by atoms with van der Waals surface area (Å²) in [5.74, 6) is 0. The van der Waals surface area contributed by atoms with E-state index in [0.29, 0.717) is 0 Å². The molecule has 2 spiro atoms. The molecule has 0 N–H and O–H groups in total. The van der Waals surface area contributed by atoms with Crippen molar-refractivity contribution in [3.63, 3.8) is 0 Å². The highest BCUT2D eigenvalue weighted by Crippen LogP contribution is 2.68. The first-order chi connectivity index (χ1) is 25.8. The van der Waals surface area contributed by atoms with Gasteiger partial charge in [0, 0.05) is 16.9 Å². The van der Waals surface area contributed by atoms with Gasteiger partial charge in [0.1, 0.15) is 0 Å². The molecule has 1 nitrogen and oxygen atoms in total. The maximum Gasteiger partial charge on any atom is 0.0740 e. The molecule has 7 aromatic carbocycles. The van der Waals surface area contributed by atoms with Crippen molar-refractivity contribution < 1.29 is 0 Å². The van der Waals surface area contributed by atoms with Crippen molar-refractivity contribution in [2.75, 3.05) is 4.90 Å². The number of hydrogen-bond acceptors (Lipinski definition) is 1. The minimum atomic E-state index is -0.604. The molecule has 7 aromatic rings. The van der Waals surface area contributed by atoms with Crippen LogP contribution in [0.3, 0.4) is 0 Å². The molecule has 0 aromatic heterocycles. The van der Waals surface area contributed by atoms with Gasteiger partial charge >= 0.3 is 0 Å². The predicted molar refractivity (Wildman–Crippen MR) is 216 cm³/mol. The number of para-hydroxylation sites is 1. The van der Waals surface area contributed by atoms with Crippen LogP contribution in [0.4, 0.5) is 11.4 Å². The van der Waals surface area contributed by atoms with Crippen LogP contribution in [0.15, 0.2) is 206 Å². The van der Waals surface area contributed by atoms with E-state index in [1.165, 1.54) is 66.8 Å². The van der Waals surface area contributed by atoms with E-state index in [1.807, 2.05) is 6.08 Å². The van der Waals surface area contributed by atoms with Crippen molar-refractivity contribution in [1.29, 1.82) is 0 Å². The molecule has 3 aliphatic carbocycles. The Hall–Kier alpha value is -6.44. The molecule has 0 amide bonds. The van der Waals surface area contributed by atoms with Crippen LogP contribution >= 0.6 is 0 Å². The van der Waals surface area contributed by atoms with Crippen molar-refractivity contribution in [2.24, 2.45) is 0 Å². The lowest BCUT2D eigenvalue weighted by Gasteiger charge is -2.50. The maximum absolute atomic E-state index is 4.38. The Kier molecular flexibility index (Phi) is 6.75. The molecule has 0 saturated carbocycles. The zero-order chi connectivity index (χ0) is 34.9. The van der Waals surface area contributed by atoms with E-state index in [1.54, 1.807) is 0 Å². The van der Waals surface area contributed by atoms with Crippen molar-refractivity contribution in [3.05, 3.63) is 251 Å². The summed E-state index contributed by atoms with van der Waals surface area (Å²) in [6.07, 6.45) is 8.35. The Balaban J connectivity index is 1.46. The lowest BCUT2D eigenvalue weighted by atomic mass is 9.52. The van der Waals surface area contributed by atoms with Crippen LogP contribution in [0.2, 0.25) is 0 Å². The summed E-state index contributed by atoms with van der Waals surface area (Å²) in [6, 6.07) is 63.5. The van der Waals surface area contributed by atoms with Gasteiger partial charge in [0.25, 0.3) is 0 Å². The highest BCUT2D eigenvalue weighted by Gasteiger charge is 2.60. The Bertz CT molecular complexity index is 2530. The predicted octanol–water partition coefficient (Wildman–Crippen LogP) is 12.5. The molecule has 0 saturated heterocycles. The van der Waals surface area contributed by atoms with Crippen LogP contribution in [0.1, 0.15) is 51.4 Å². The lowest BCUT2D eigenvalue weighted by Crippen LogP contribution is -2.44. The molecule has 0 heterocycles. The third-order valence-corrected chi connectivity index (χ3v) is 11.6. The van der Waals surface area contributed by atoms with Crippen molar-refractivity contribution in [2.45, 2.75) is 17.8 Å². The number of benzene rings is 7. The Morgan fingerprint density at radius 3 is 1.38 bits per heavy atom. The smallest absolute Gasteiger partial charge is 0.0740 e. The highest BCUT2D eigenvalue weighted by molar-refractivity contribution is 5.96. The first-order valence-corrected chi connectivity index (χ1v) is 18.2. The molecule has 0 atom stereocenters. The highest BCUT2D eigenvalue weighted by atomic mass is 15.2. The summed E-state index contributed by atoms with van der Waals surface area (Å²) >= 11 is 0. The van der Waals surface area contributed by atoms with Crippen LogP contribution in [-0.4, -0.2) is 0 Å². The number of rotatable bonds is 5. The van der Waals surface area contributed by atoms with E-state index in [0.717, 1.165) is 17.1 Å². The zero-order valence-corrected chi connectivity index (χ0v) is 29.1. The second-order valence-electron chi connectivity index (χ2n) is 13.9. The van der Waals surface area contributed by atoms with Crippen LogP contribution in [0.5, 0.6) is 0 Å². The first-order valence-electron chi connectivity index (χ1n) is 18.2. The summed E-state index contributed by atoms with van der Waals surface area (Å²) < 4.78 is 0. The molecule has 0 radical (unpaired) electrons. The van der Waals surface area contributed by atoms with Gasteiger partial charge in [-0.1, -0.05) is 170 Å². The summed E-state index contributed by atoms with van der Waals surface area (Å²) in [5, 5.41) is 0. The maximum atomic E-state index is 4.38. The van der Waals surface area contributed by atoms with Gasteiger partial charge < -0.3 is 4.90 Å². The number of anilines is 2. The molecule has 3 aliphatic rings. The number of hydrogen-bond donors (Lipinski definition) is 0. The standard InChI is InChI=1S/C51H37N/c1-3-5-20-35(4-2)52(36-21-7-6-8-22-36)48-34-19-33-47-49(48)51(43-29-15-11-25-39(43)40-26-12-16-30-44(40)51)46-32-18-17-31-45(46)50(47)41-27-13-9-23-37(41)38-24-10-14-28-42(38)50/h3-34H,2H2,1H3/b5-3-,35-20+. The average molecular weight is 664 g/mol. The monoisotopic (exact) mass is 663 g/mol. The summed E-state index contributed by atoms with van der Waals surface area (Å²) in [7, 11) is 0. The summed E-state index contributed by atoms with van der Waals surface area (Å²) in [6.45, 7) is 6.44. The van der Waals surface area contributed by atoms with Gasteiger partial charge in [0.15, 0.2) is 0 Å². The van der Waals surface area contributed by atoms with Gasteiger partial charge in [-0.2, -0.15) is 0 Å². The normalized spacial score (nSPS) is 15.1. The van der Waals surface area contributed by atoms with E-state index in [9.17, 15) is 0 Å². The van der Waals surface area contributed by atoms with Gasteiger partial charge in [-0.3, -0.25) is 0 Å². The SMILES string of the molecule is C=C/C(=C\C=C/C)N(c1ccccc1)c1cccc2c1C1(c3ccccc3-c3ccccc31)c1ccccc1C21c2ccccc2-c2ccccc21. The average Bonchev–Trinajstić information content (AvgIpc) is 3.67. The number of allylic oxidation sites excluding steroid dienone is 4. The van der Waals surface area contributed by atoms with E-state index in [-0.39, 0.29) is 0 Å². The van der Waals surface area contributed by atoms with Crippen LogP contribution < -0.4 is 4.90 Å². The van der Waals surface area contributed by atoms with E-state index in [4.69, 9.17) is 0 Å². The van der Waals surface area contributed by atoms with Gasteiger partial charge in [0.2, 0.25) is 0 Å². The molecule has 0 unspecified atom stereocenters. The molecular weight excluding hydrogens is 627 g/mol. The Morgan fingerprint density at radius 1 is 0.462 bits per heavy atom. The van der Waals surface area contributed by atoms with E-state index >= 15 is 0 Å². The second kappa shape index (κ2) is 11.5. The van der Waals surface area contributed by atoms with E-state index < -0.39 is 10.8 Å². The molecule has 0 fully saturated rings. The van der Waals surface area contributed by atoms with Crippen LogP contribution in [-0.2, 0) is 10.8 Å². The van der Waals surface area contributed by atoms with E-state index in [2.05, 4.69) is 206 Å². The third kappa shape index (κ3) is 3.78. The Morgan fingerprint density at radius 2 is 0.885 bits per heavy atom.